The minimum absolute atomic E-state index is 0.0264. The molecule has 4 aliphatic heterocycles. The number of rotatable bonds is 9. The highest BCUT2D eigenvalue weighted by atomic mass is 35.5. The fourth-order valence-corrected chi connectivity index (χ4v) is 10.0. The van der Waals surface area contributed by atoms with E-state index in [1.54, 1.807) is 47.0 Å². The Morgan fingerprint density at radius 3 is 2.41 bits per heavy atom. The zero-order chi connectivity index (χ0) is 32.6. The van der Waals surface area contributed by atoms with Crippen molar-refractivity contribution >= 4 is 50.8 Å². The summed E-state index contributed by atoms with van der Waals surface area (Å²) in [6, 6.07) is 6.10. The number of fused-ring (bicyclic) bond motifs is 3. The molecule has 0 spiro atoms. The van der Waals surface area contributed by atoms with Gasteiger partial charge in [-0.05, 0) is 106 Å². The molecule has 1 aromatic carbocycles. The highest BCUT2D eigenvalue weighted by Crippen LogP contribution is 2.40. The number of nitrogens with zero attached hydrogens (tertiary/aromatic N) is 3. The molecule has 46 heavy (non-hydrogen) atoms. The number of carbonyl (C=O) groups is 2. The molecular weight excluding hydrogens is 643 g/mol. The maximum absolute atomic E-state index is 13.6. The highest BCUT2D eigenvalue weighted by molar-refractivity contribution is 7.89. The van der Waals surface area contributed by atoms with Crippen LogP contribution in [0, 0.1) is 5.92 Å². The van der Waals surface area contributed by atoms with E-state index in [0.717, 1.165) is 18.4 Å². The second-order valence-electron chi connectivity index (χ2n) is 12.8. The van der Waals surface area contributed by atoms with Crippen LogP contribution < -0.4 is 10.6 Å². The summed E-state index contributed by atoms with van der Waals surface area (Å²) in [4.78, 5) is 32.2. The van der Waals surface area contributed by atoms with Crippen LogP contribution in [0.3, 0.4) is 0 Å². The molecule has 4 aliphatic rings. The standard InChI is InChI=1S/C32H37ClF3N5O4S/c33-28-18-29-25(26(30(42)39-29)14-20-4-9-37-10-5-20)17-27(28)31(43)38-22-15-23-2-3-24(16-22)41(23)46(44,45)19-21-6-12-40(13-7-21)11-1-8-32(34,35)36/h4-5,9-10,14,17-18,21-24H,1-3,6-8,11-13,15-16,19H2,(H,38,43)(H,39,42)/b26-14-/t22?,23-,24+. The number of aromatic nitrogens is 1. The first-order valence-electron chi connectivity index (χ1n) is 15.7. The number of anilines is 1. The van der Waals surface area contributed by atoms with Gasteiger partial charge in [0, 0.05) is 48.1 Å². The Morgan fingerprint density at radius 1 is 1.09 bits per heavy atom. The predicted molar refractivity (Wildman–Crippen MR) is 170 cm³/mol. The van der Waals surface area contributed by atoms with E-state index < -0.39 is 22.6 Å². The molecule has 3 atom stereocenters. The first kappa shape index (κ1) is 32.9. The monoisotopic (exact) mass is 679 g/mol. The fourth-order valence-electron chi connectivity index (χ4n) is 7.39. The normalized spacial score (nSPS) is 25.1. The Hall–Kier alpha value is -3.00. The van der Waals surface area contributed by atoms with E-state index in [9.17, 15) is 31.2 Å². The van der Waals surface area contributed by atoms with Crippen LogP contribution >= 0.6 is 11.6 Å². The van der Waals surface area contributed by atoms with Crippen molar-refractivity contribution in [3.63, 3.8) is 0 Å². The third-order valence-corrected chi connectivity index (χ3v) is 12.0. The molecule has 2 N–H and O–H groups in total. The summed E-state index contributed by atoms with van der Waals surface area (Å²) in [5.41, 5.74) is 2.54. The van der Waals surface area contributed by atoms with Gasteiger partial charge in [0.1, 0.15) is 0 Å². The summed E-state index contributed by atoms with van der Waals surface area (Å²) in [6.07, 6.45) is 3.83. The number of halogens is 4. The van der Waals surface area contributed by atoms with Crippen LogP contribution in [0.5, 0.6) is 0 Å². The zero-order valence-electron chi connectivity index (χ0n) is 25.2. The van der Waals surface area contributed by atoms with Crippen LogP contribution in [0.4, 0.5) is 18.9 Å². The highest BCUT2D eigenvalue weighted by Gasteiger charge is 2.47. The quantitative estimate of drug-likeness (QED) is 0.347. The average molecular weight is 680 g/mol. The molecule has 2 bridgehead atoms. The first-order valence-corrected chi connectivity index (χ1v) is 17.7. The molecule has 6 rings (SSSR count). The molecule has 2 aromatic rings. The van der Waals surface area contributed by atoms with Crippen LogP contribution in [-0.2, 0) is 14.8 Å². The Balaban J connectivity index is 1.06. The average Bonchev–Trinajstić information content (AvgIpc) is 3.45. The minimum Gasteiger partial charge on any atom is -0.349 e. The van der Waals surface area contributed by atoms with Gasteiger partial charge >= 0.3 is 6.18 Å². The van der Waals surface area contributed by atoms with E-state index in [1.165, 1.54) is 0 Å². The third kappa shape index (κ3) is 7.42. The molecule has 0 radical (unpaired) electrons. The molecule has 0 aliphatic carbocycles. The molecule has 1 aromatic heterocycles. The second-order valence-corrected chi connectivity index (χ2v) is 15.1. The SMILES string of the molecule is O=C1Nc2cc(Cl)c(C(=O)NC3C[C@H]4CC[C@@H](C3)N4S(=O)(=O)CC3CCN(CCCC(F)(F)F)CC3)cc2/C1=C/c1ccncc1. The number of hydrogen-bond donors (Lipinski definition) is 2. The van der Waals surface area contributed by atoms with Crippen molar-refractivity contribution < 1.29 is 31.2 Å². The van der Waals surface area contributed by atoms with Crippen molar-refractivity contribution in [1.82, 2.24) is 19.5 Å². The summed E-state index contributed by atoms with van der Waals surface area (Å²) in [6.45, 7) is 1.59. The molecule has 2 amide bonds. The van der Waals surface area contributed by atoms with Gasteiger partial charge < -0.3 is 15.5 Å². The lowest BCUT2D eigenvalue weighted by Crippen LogP contribution is -2.53. The lowest BCUT2D eigenvalue weighted by Gasteiger charge is -2.39. The Morgan fingerprint density at radius 2 is 1.76 bits per heavy atom. The largest absolute Gasteiger partial charge is 0.389 e. The number of likely N-dealkylation sites (tertiary alicyclic amines) is 1. The van der Waals surface area contributed by atoms with Gasteiger partial charge in [-0.2, -0.15) is 17.5 Å². The van der Waals surface area contributed by atoms with Crippen molar-refractivity contribution in [3.05, 3.63) is 58.4 Å². The van der Waals surface area contributed by atoms with E-state index >= 15 is 0 Å². The van der Waals surface area contributed by atoms with Gasteiger partial charge in [-0.15, -0.1) is 0 Å². The number of sulfonamides is 1. The van der Waals surface area contributed by atoms with E-state index in [1.807, 2.05) is 4.90 Å². The summed E-state index contributed by atoms with van der Waals surface area (Å²) in [5, 5.41) is 6.08. The van der Waals surface area contributed by atoms with Gasteiger partial charge in [-0.3, -0.25) is 14.6 Å². The third-order valence-electron chi connectivity index (χ3n) is 9.56. The van der Waals surface area contributed by atoms with Gasteiger partial charge in [-0.25, -0.2) is 8.42 Å². The first-order chi connectivity index (χ1) is 21.9. The van der Waals surface area contributed by atoms with Gasteiger partial charge in [0.05, 0.1) is 22.0 Å². The lowest BCUT2D eigenvalue weighted by atomic mass is 9.98. The predicted octanol–water partition coefficient (Wildman–Crippen LogP) is 5.34. The molecule has 3 saturated heterocycles. The number of nitrogens with one attached hydrogen (secondary N) is 2. The number of carbonyl (C=O) groups excluding carboxylic acids is 2. The van der Waals surface area contributed by atoms with E-state index in [-0.39, 0.29) is 58.6 Å². The lowest BCUT2D eigenvalue weighted by molar-refractivity contribution is -0.136. The molecule has 3 fully saturated rings. The van der Waals surface area contributed by atoms with Crippen molar-refractivity contribution in [2.75, 3.05) is 30.7 Å². The molecule has 14 heteroatoms. The van der Waals surface area contributed by atoms with E-state index in [2.05, 4.69) is 15.6 Å². The van der Waals surface area contributed by atoms with E-state index in [0.29, 0.717) is 62.1 Å². The minimum atomic E-state index is -4.15. The summed E-state index contributed by atoms with van der Waals surface area (Å²) in [5.74, 6) is -0.656. The fraction of sp³-hybridized carbons (Fsp3) is 0.531. The van der Waals surface area contributed by atoms with Crippen LogP contribution in [0.1, 0.15) is 72.9 Å². The van der Waals surface area contributed by atoms with E-state index in [4.69, 9.17) is 11.6 Å². The summed E-state index contributed by atoms with van der Waals surface area (Å²) in [7, 11) is -3.54. The van der Waals surface area contributed by atoms with Crippen molar-refractivity contribution in [2.45, 2.75) is 75.7 Å². The molecule has 248 valence electrons. The van der Waals surface area contributed by atoms with Crippen LogP contribution in [-0.4, -0.2) is 84.1 Å². The Labute approximate surface area is 271 Å². The van der Waals surface area contributed by atoms with Crippen molar-refractivity contribution in [2.24, 2.45) is 5.92 Å². The number of piperidine rings is 2. The molecule has 1 unspecified atom stereocenters. The maximum Gasteiger partial charge on any atom is 0.389 e. The number of pyridine rings is 1. The van der Waals surface area contributed by atoms with Crippen molar-refractivity contribution in [1.29, 1.82) is 0 Å². The number of alkyl halides is 3. The van der Waals surface area contributed by atoms with Crippen LogP contribution in [0.15, 0.2) is 36.7 Å². The zero-order valence-corrected chi connectivity index (χ0v) is 26.8. The van der Waals surface area contributed by atoms with Gasteiger partial charge in [0.15, 0.2) is 0 Å². The van der Waals surface area contributed by atoms with Crippen LogP contribution in [0.2, 0.25) is 5.02 Å². The maximum atomic E-state index is 13.6. The molecular formula is C32H37ClF3N5O4S. The van der Waals surface area contributed by atoms with Gasteiger partial charge in [0.25, 0.3) is 11.8 Å². The smallest absolute Gasteiger partial charge is 0.349 e. The molecule has 9 nitrogen and oxygen atoms in total. The number of benzene rings is 1. The van der Waals surface area contributed by atoms with Gasteiger partial charge in [-0.1, -0.05) is 11.6 Å². The number of amides is 2. The molecule has 5 heterocycles. The second kappa shape index (κ2) is 13.2. The van der Waals surface area contributed by atoms with Crippen LogP contribution in [0.25, 0.3) is 11.6 Å². The van der Waals surface area contributed by atoms with Gasteiger partial charge in [0.2, 0.25) is 10.0 Å². The Bertz CT molecular complexity index is 1600. The number of hydrogen-bond acceptors (Lipinski definition) is 6. The molecule has 0 saturated carbocycles. The topological polar surface area (TPSA) is 112 Å². The van der Waals surface area contributed by atoms with Crippen molar-refractivity contribution in [3.8, 4) is 0 Å². The summed E-state index contributed by atoms with van der Waals surface area (Å²) < 4.78 is 66.3. The summed E-state index contributed by atoms with van der Waals surface area (Å²) >= 11 is 6.50. The Kier molecular flexibility index (Phi) is 9.48.